The van der Waals surface area contributed by atoms with Gasteiger partial charge >= 0.3 is 0 Å². The molecular weight excluding hydrogens is 126 g/mol. The fourth-order valence-electron chi connectivity index (χ4n) is 0.737. The fourth-order valence-corrected chi connectivity index (χ4v) is 0.737. The molecule has 0 aliphatic heterocycles. The molecule has 1 N–H and O–H groups in total. The van der Waals surface area contributed by atoms with Crippen molar-refractivity contribution >= 4 is 6.29 Å². The van der Waals surface area contributed by atoms with E-state index in [4.69, 9.17) is 0 Å². The van der Waals surface area contributed by atoms with Gasteiger partial charge in [0, 0.05) is 6.42 Å². The van der Waals surface area contributed by atoms with E-state index in [1.165, 1.54) is 12.8 Å². The Bertz CT molecular complexity index is 73.7. The molecule has 0 saturated heterocycles. The molecule has 0 aromatic carbocycles. The standard InChI is InChI=1S/C8H17NO/c1-2-3-6-9-7-4-5-8-10/h8-9H,2-7H2,1H3. The summed E-state index contributed by atoms with van der Waals surface area (Å²) in [5.41, 5.74) is 0. The van der Waals surface area contributed by atoms with E-state index in [0.717, 1.165) is 25.8 Å². The van der Waals surface area contributed by atoms with Crippen LogP contribution in [0.4, 0.5) is 0 Å². The Morgan fingerprint density at radius 1 is 1.30 bits per heavy atom. The summed E-state index contributed by atoms with van der Waals surface area (Å²) < 4.78 is 0. The lowest BCUT2D eigenvalue weighted by molar-refractivity contribution is -0.107. The third-order valence-electron chi connectivity index (χ3n) is 1.38. The van der Waals surface area contributed by atoms with Crippen LogP contribution in [0.5, 0.6) is 0 Å². The Morgan fingerprint density at radius 3 is 2.60 bits per heavy atom. The van der Waals surface area contributed by atoms with Crippen molar-refractivity contribution in [1.29, 1.82) is 0 Å². The third kappa shape index (κ3) is 7.63. The summed E-state index contributed by atoms with van der Waals surface area (Å²) in [6, 6.07) is 0. The molecule has 60 valence electrons. The first kappa shape index (κ1) is 9.63. The van der Waals surface area contributed by atoms with Crippen molar-refractivity contribution < 1.29 is 4.79 Å². The minimum atomic E-state index is 0.694. The van der Waals surface area contributed by atoms with E-state index in [9.17, 15) is 4.79 Å². The van der Waals surface area contributed by atoms with Gasteiger partial charge in [-0.3, -0.25) is 0 Å². The maximum absolute atomic E-state index is 9.87. The molecule has 0 aliphatic carbocycles. The number of aldehydes is 1. The van der Waals surface area contributed by atoms with E-state index in [2.05, 4.69) is 12.2 Å². The number of hydrogen-bond acceptors (Lipinski definition) is 2. The minimum absolute atomic E-state index is 0.694. The summed E-state index contributed by atoms with van der Waals surface area (Å²) in [5, 5.41) is 3.26. The van der Waals surface area contributed by atoms with Gasteiger partial charge in [0.2, 0.25) is 0 Å². The van der Waals surface area contributed by atoms with Gasteiger partial charge in [0.05, 0.1) is 0 Å². The van der Waals surface area contributed by atoms with Gasteiger partial charge in [0.1, 0.15) is 6.29 Å². The van der Waals surface area contributed by atoms with Crippen molar-refractivity contribution in [3.8, 4) is 0 Å². The van der Waals surface area contributed by atoms with Crippen molar-refractivity contribution in [2.75, 3.05) is 13.1 Å². The first-order valence-electron chi connectivity index (χ1n) is 4.06. The Morgan fingerprint density at radius 2 is 2.00 bits per heavy atom. The number of hydrogen-bond donors (Lipinski definition) is 1. The molecule has 0 fully saturated rings. The molecule has 0 saturated carbocycles. The van der Waals surface area contributed by atoms with Crippen molar-refractivity contribution in [3.05, 3.63) is 0 Å². The fraction of sp³-hybridized carbons (Fsp3) is 0.875. The van der Waals surface area contributed by atoms with Crippen LogP contribution in [0.2, 0.25) is 0 Å². The lowest BCUT2D eigenvalue weighted by Crippen LogP contribution is -2.16. The maximum atomic E-state index is 9.87. The van der Waals surface area contributed by atoms with Gasteiger partial charge in [-0.15, -0.1) is 0 Å². The smallest absolute Gasteiger partial charge is 0.120 e. The van der Waals surface area contributed by atoms with Gasteiger partial charge in [-0.2, -0.15) is 0 Å². The van der Waals surface area contributed by atoms with Gasteiger partial charge in [0.25, 0.3) is 0 Å². The summed E-state index contributed by atoms with van der Waals surface area (Å²) in [6.07, 6.45) is 5.12. The molecule has 0 aromatic rings. The first-order valence-corrected chi connectivity index (χ1v) is 4.06. The van der Waals surface area contributed by atoms with Crippen LogP contribution in [0, 0.1) is 0 Å². The van der Waals surface area contributed by atoms with Crippen LogP contribution in [0.15, 0.2) is 0 Å². The average molecular weight is 143 g/mol. The highest BCUT2D eigenvalue weighted by Crippen LogP contribution is 1.84. The number of unbranched alkanes of at least 4 members (excludes halogenated alkanes) is 2. The second-order valence-electron chi connectivity index (χ2n) is 2.41. The van der Waals surface area contributed by atoms with Crippen molar-refractivity contribution in [2.24, 2.45) is 0 Å². The lowest BCUT2D eigenvalue weighted by Gasteiger charge is -1.99. The molecule has 10 heavy (non-hydrogen) atoms. The van der Waals surface area contributed by atoms with Gasteiger partial charge < -0.3 is 10.1 Å². The quantitative estimate of drug-likeness (QED) is 0.430. The monoisotopic (exact) mass is 143 g/mol. The average Bonchev–Trinajstić information content (AvgIpc) is 1.97. The van der Waals surface area contributed by atoms with E-state index in [1.54, 1.807) is 0 Å². The zero-order valence-corrected chi connectivity index (χ0v) is 6.73. The highest BCUT2D eigenvalue weighted by Gasteiger charge is 1.85. The molecule has 0 rings (SSSR count). The molecule has 0 unspecified atom stereocenters. The lowest BCUT2D eigenvalue weighted by atomic mass is 10.3. The predicted molar refractivity (Wildman–Crippen MR) is 43.1 cm³/mol. The first-order chi connectivity index (χ1) is 4.91. The normalized spacial score (nSPS) is 9.70. The highest BCUT2D eigenvalue weighted by atomic mass is 16.1. The van der Waals surface area contributed by atoms with Crippen LogP contribution < -0.4 is 5.32 Å². The van der Waals surface area contributed by atoms with E-state index in [1.807, 2.05) is 0 Å². The Kier molecular flexibility index (Phi) is 8.31. The van der Waals surface area contributed by atoms with Crippen LogP contribution in [0.25, 0.3) is 0 Å². The minimum Gasteiger partial charge on any atom is -0.317 e. The van der Waals surface area contributed by atoms with Gasteiger partial charge in [0.15, 0.2) is 0 Å². The van der Waals surface area contributed by atoms with Crippen molar-refractivity contribution in [1.82, 2.24) is 5.32 Å². The summed E-state index contributed by atoms with van der Waals surface area (Å²) in [4.78, 5) is 9.87. The molecule has 2 nitrogen and oxygen atoms in total. The largest absolute Gasteiger partial charge is 0.317 e. The Balaban J connectivity index is 2.70. The van der Waals surface area contributed by atoms with Crippen LogP contribution in [0.1, 0.15) is 32.6 Å². The molecule has 0 bridgehead atoms. The summed E-state index contributed by atoms with van der Waals surface area (Å²) >= 11 is 0. The summed E-state index contributed by atoms with van der Waals surface area (Å²) in [7, 11) is 0. The van der Waals surface area contributed by atoms with Crippen molar-refractivity contribution in [2.45, 2.75) is 32.6 Å². The zero-order chi connectivity index (χ0) is 7.66. The molecule has 0 aliphatic rings. The van der Waals surface area contributed by atoms with Gasteiger partial charge in [-0.25, -0.2) is 0 Å². The molecule has 0 atom stereocenters. The molecule has 0 spiro atoms. The van der Waals surface area contributed by atoms with E-state index >= 15 is 0 Å². The molecular formula is C8H17NO. The summed E-state index contributed by atoms with van der Waals surface area (Å²) in [6.45, 7) is 4.25. The molecule has 0 aromatic heterocycles. The zero-order valence-electron chi connectivity index (χ0n) is 6.73. The number of rotatable bonds is 7. The Hall–Kier alpha value is -0.370. The number of carbonyl (C=O) groups excluding carboxylic acids is 1. The van der Waals surface area contributed by atoms with Crippen LogP contribution in [0.3, 0.4) is 0 Å². The van der Waals surface area contributed by atoms with Gasteiger partial charge in [-0.05, 0) is 25.9 Å². The number of carbonyl (C=O) groups is 1. The van der Waals surface area contributed by atoms with Crippen LogP contribution in [-0.4, -0.2) is 19.4 Å². The third-order valence-corrected chi connectivity index (χ3v) is 1.38. The SMILES string of the molecule is CCCCNCCCC=O. The second-order valence-corrected chi connectivity index (χ2v) is 2.41. The van der Waals surface area contributed by atoms with Crippen LogP contribution in [-0.2, 0) is 4.79 Å². The molecule has 0 amide bonds. The molecule has 0 radical (unpaired) electrons. The topological polar surface area (TPSA) is 29.1 Å². The van der Waals surface area contributed by atoms with Crippen molar-refractivity contribution in [3.63, 3.8) is 0 Å². The maximum Gasteiger partial charge on any atom is 0.120 e. The van der Waals surface area contributed by atoms with Crippen LogP contribution >= 0.6 is 0 Å². The predicted octanol–water partition coefficient (Wildman–Crippen LogP) is 1.36. The molecule has 0 heterocycles. The van der Waals surface area contributed by atoms with E-state index < -0.39 is 0 Å². The van der Waals surface area contributed by atoms with Gasteiger partial charge in [-0.1, -0.05) is 13.3 Å². The highest BCUT2D eigenvalue weighted by molar-refractivity contribution is 5.48. The molecule has 2 heteroatoms. The second kappa shape index (κ2) is 8.63. The summed E-state index contributed by atoms with van der Waals surface area (Å²) in [5.74, 6) is 0. The van der Waals surface area contributed by atoms with E-state index in [-0.39, 0.29) is 0 Å². The number of nitrogens with one attached hydrogen (secondary N) is 1. The van der Waals surface area contributed by atoms with E-state index in [0.29, 0.717) is 6.42 Å². The Labute approximate surface area is 63.0 Å².